The van der Waals surface area contributed by atoms with Gasteiger partial charge in [-0.25, -0.2) is 4.98 Å². The van der Waals surface area contributed by atoms with Crippen LogP contribution in [0.15, 0.2) is 24.5 Å². The number of aliphatic hydroxyl groups is 1. The van der Waals surface area contributed by atoms with Gasteiger partial charge >= 0.3 is 0 Å². The number of aryl methyl sites for hydroxylation is 1. The maximum absolute atomic E-state index is 9.51. The van der Waals surface area contributed by atoms with E-state index in [4.69, 9.17) is 0 Å². The third-order valence-corrected chi connectivity index (χ3v) is 3.38. The molecule has 0 spiro atoms. The van der Waals surface area contributed by atoms with Gasteiger partial charge in [0.25, 0.3) is 0 Å². The molecule has 4 nitrogen and oxygen atoms in total. The van der Waals surface area contributed by atoms with Gasteiger partial charge in [0, 0.05) is 25.8 Å². The predicted octanol–water partition coefficient (Wildman–Crippen LogP) is 1.21. The second kappa shape index (κ2) is 4.13. The molecule has 0 unspecified atom stereocenters. The summed E-state index contributed by atoms with van der Waals surface area (Å²) in [6.45, 7) is 4.69. The molecule has 1 N–H and O–H groups in total. The SMILES string of the molecule is Cc1ccn2c(CN3CC[C@@H](O)C3)cnc2c1. The van der Waals surface area contributed by atoms with Crippen molar-refractivity contribution >= 4 is 5.65 Å². The lowest BCUT2D eigenvalue weighted by atomic mass is 10.3. The van der Waals surface area contributed by atoms with Crippen LogP contribution in [0.3, 0.4) is 0 Å². The number of fused-ring (bicyclic) bond motifs is 1. The van der Waals surface area contributed by atoms with Gasteiger partial charge < -0.3 is 9.51 Å². The zero-order chi connectivity index (χ0) is 11.8. The van der Waals surface area contributed by atoms with Gasteiger partial charge in [-0.3, -0.25) is 4.90 Å². The topological polar surface area (TPSA) is 40.8 Å². The van der Waals surface area contributed by atoms with Crippen LogP contribution >= 0.6 is 0 Å². The largest absolute Gasteiger partial charge is 0.392 e. The van der Waals surface area contributed by atoms with Crippen molar-refractivity contribution in [2.24, 2.45) is 0 Å². The number of likely N-dealkylation sites (tertiary alicyclic amines) is 1. The quantitative estimate of drug-likeness (QED) is 0.844. The molecule has 17 heavy (non-hydrogen) atoms. The minimum absolute atomic E-state index is 0.156. The van der Waals surface area contributed by atoms with Crippen LogP contribution in [0.2, 0.25) is 0 Å². The van der Waals surface area contributed by atoms with Gasteiger partial charge in [0.05, 0.1) is 18.0 Å². The van der Waals surface area contributed by atoms with E-state index < -0.39 is 0 Å². The summed E-state index contributed by atoms with van der Waals surface area (Å²) < 4.78 is 2.12. The van der Waals surface area contributed by atoms with E-state index in [1.807, 2.05) is 6.20 Å². The van der Waals surface area contributed by atoms with Gasteiger partial charge in [-0.1, -0.05) is 0 Å². The van der Waals surface area contributed by atoms with Gasteiger partial charge in [-0.2, -0.15) is 0 Å². The van der Waals surface area contributed by atoms with Gasteiger partial charge in [0.1, 0.15) is 5.65 Å². The van der Waals surface area contributed by atoms with Crippen LogP contribution in [-0.2, 0) is 6.54 Å². The molecule has 0 saturated carbocycles. The smallest absolute Gasteiger partial charge is 0.137 e. The maximum atomic E-state index is 9.51. The Labute approximate surface area is 101 Å². The summed E-state index contributed by atoms with van der Waals surface area (Å²) >= 11 is 0. The summed E-state index contributed by atoms with van der Waals surface area (Å²) in [5.74, 6) is 0. The van der Waals surface area contributed by atoms with E-state index in [1.54, 1.807) is 0 Å². The lowest BCUT2D eigenvalue weighted by Crippen LogP contribution is -2.22. The number of imidazole rings is 1. The Morgan fingerprint density at radius 2 is 2.41 bits per heavy atom. The third kappa shape index (κ3) is 2.06. The van der Waals surface area contributed by atoms with Crippen molar-refractivity contribution in [2.45, 2.75) is 26.0 Å². The van der Waals surface area contributed by atoms with E-state index >= 15 is 0 Å². The Kier molecular flexibility index (Phi) is 2.61. The number of nitrogens with zero attached hydrogens (tertiary/aromatic N) is 3. The summed E-state index contributed by atoms with van der Waals surface area (Å²) in [6, 6.07) is 4.18. The first-order chi connectivity index (χ1) is 8.22. The molecule has 2 aromatic heterocycles. The fourth-order valence-electron chi connectivity index (χ4n) is 2.44. The number of aromatic nitrogens is 2. The molecule has 0 aliphatic carbocycles. The van der Waals surface area contributed by atoms with Crippen molar-refractivity contribution in [1.82, 2.24) is 14.3 Å². The third-order valence-electron chi connectivity index (χ3n) is 3.38. The average molecular weight is 231 g/mol. The molecule has 3 rings (SSSR count). The summed E-state index contributed by atoms with van der Waals surface area (Å²) in [4.78, 5) is 6.69. The second-order valence-electron chi connectivity index (χ2n) is 4.86. The first-order valence-corrected chi connectivity index (χ1v) is 6.05. The molecule has 1 fully saturated rings. The minimum atomic E-state index is -0.156. The standard InChI is InChI=1S/C13H17N3O/c1-10-2-5-16-11(7-14-13(16)6-10)8-15-4-3-12(17)9-15/h2,5-7,12,17H,3-4,8-9H2,1H3/t12-/m1/s1. The molecule has 0 radical (unpaired) electrons. The molecule has 1 aliphatic heterocycles. The number of rotatable bonds is 2. The molecule has 0 bridgehead atoms. The number of pyridine rings is 1. The fourth-order valence-corrected chi connectivity index (χ4v) is 2.44. The van der Waals surface area contributed by atoms with Crippen LogP contribution in [0.1, 0.15) is 17.7 Å². The normalized spacial score (nSPS) is 21.4. The van der Waals surface area contributed by atoms with E-state index in [0.717, 1.165) is 31.7 Å². The highest BCUT2D eigenvalue weighted by Gasteiger charge is 2.20. The van der Waals surface area contributed by atoms with Crippen molar-refractivity contribution < 1.29 is 5.11 Å². The molecular formula is C13H17N3O. The second-order valence-corrected chi connectivity index (χ2v) is 4.86. The lowest BCUT2D eigenvalue weighted by Gasteiger charge is -2.14. The van der Waals surface area contributed by atoms with Gasteiger partial charge in [0.2, 0.25) is 0 Å². The highest BCUT2D eigenvalue weighted by atomic mass is 16.3. The molecule has 0 aromatic carbocycles. The highest BCUT2D eigenvalue weighted by Crippen LogP contribution is 2.15. The maximum Gasteiger partial charge on any atom is 0.137 e. The van der Waals surface area contributed by atoms with Gasteiger partial charge in [-0.15, -0.1) is 0 Å². The number of β-amino-alcohol motifs (C(OH)–C–C–N with tert-alkyl or cyclic N) is 1. The summed E-state index contributed by atoms with van der Waals surface area (Å²) in [7, 11) is 0. The Balaban J connectivity index is 1.85. The van der Waals surface area contributed by atoms with Crippen LogP contribution in [0.5, 0.6) is 0 Å². The molecule has 1 atom stereocenters. The van der Waals surface area contributed by atoms with E-state index in [9.17, 15) is 5.11 Å². The van der Waals surface area contributed by atoms with Crippen molar-refractivity contribution in [3.8, 4) is 0 Å². The van der Waals surface area contributed by atoms with Gasteiger partial charge in [0.15, 0.2) is 0 Å². The Morgan fingerprint density at radius 3 is 3.18 bits per heavy atom. The van der Waals surface area contributed by atoms with Crippen molar-refractivity contribution in [2.75, 3.05) is 13.1 Å². The molecule has 4 heteroatoms. The lowest BCUT2D eigenvalue weighted by molar-refractivity contribution is 0.174. The van der Waals surface area contributed by atoms with Crippen LogP contribution in [0, 0.1) is 6.92 Å². The van der Waals surface area contributed by atoms with E-state index in [0.29, 0.717) is 0 Å². The highest BCUT2D eigenvalue weighted by molar-refractivity contribution is 5.42. The van der Waals surface area contributed by atoms with Crippen molar-refractivity contribution in [3.05, 3.63) is 35.8 Å². The molecule has 1 saturated heterocycles. The summed E-state index contributed by atoms with van der Waals surface area (Å²) in [6.07, 6.45) is 4.73. The first kappa shape index (κ1) is 10.7. The zero-order valence-electron chi connectivity index (χ0n) is 10.0. The average Bonchev–Trinajstić information content (AvgIpc) is 2.86. The molecule has 0 amide bonds. The Morgan fingerprint density at radius 1 is 1.53 bits per heavy atom. The van der Waals surface area contributed by atoms with Crippen LogP contribution < -0.4 is 0 Å². The minimum Gasteiger partial charge on any atom is -0.392 e. The fraction of sp³-hybridized carbons (Fsp3) is 0.462. The van der Waals surface area contributed by atoms with E-state index in [-0.39, 0.29) is 6.10 Å². The Bertz CT molecular complexity index is 534. The summed E-state index contributed by atoms with van der Waals surface area (Å²) in [5.41, 5.74) is 3.42. The zero-order valence-corrected chi connectivity index (χ0v) is 10.0. The number of aliphatic hydroxyl groups excluding tert-OH is 1. The van der Waals surface area contributed by atoms with E-state index in [2.05, 4.69) is 39.5 Å². The Hall–Kier alpha value is -1.39. The molecule has 3 heterocycles. The van der Waals surface area contributed by atoms with Crippen molar-refractivity contribution in [1.29, 1.82) is 0 Å². The number of hydrogen-bond acceptors (Lipinski definition) is 3. The number of hydrogen-bond donors (Lipinski definition) is 1. The molecular weight excluding hydrogens is 214 g/mol. The molecule has 90 valence electrons. The van der Waals surface area contributed by atoms with Gasteiger partial charge in [-0.05, 0) is 31.0 Å². The van der Waals surface area contributed by atoms with E-state index in [1.165, 1.54) is 11.3 Å². The molecule has 1 aliphatic rings. The monoisotopic (exact) mass is 231 g/mol. The van der Waals surface area contributed by atoms with Crippen molar-refractivity contribution in [3.63, 3.8) is 0 Å². The van der Waals surface area contributed by atoms with Crippen LogP contribution in [0.4, 0.5) is 0 Å². The van der Waals surface area contributed by atoms with Crippen LogP contribution in [0.25, 0.3) is 5.65 Å². The summed E-state index contributed by atoms with van der Waals surface area (Å²) in [5, 5.41) is 9.51. The molecule has 2 aromatic rings. The van der Waals surface area contributed by atoms with Crippen LogP contribution in [-0.4, -0.2) is 38.6 Å². The predicted molar refractivity (Wildman–Crippen MR) is 65.8 cm³/mol. The first-order valence-electron chi connectivity index (χ1n) is 6.05.